The molecule has 1 aliphatic rings. The van der Waals surface area contributed by atoms with Gasteiger partial charge >= 0.3 is 6.18 Å². The van der Waals surface area contributed by atoms with Gasteiger partial charge in [0.05, 0.1) is 18.5 Å². The first-order chi connectivity index (χ1) is 15.8. The van der Waals surface area contributed by atoms with Crippen LogP contribution >= 0.6 is 0 Å². The Morgan fingerprint density at radius 2 is 2.06 bits per heavy atom. The molecule has 0 bridgehead atoms. The van der Waals surface area contributed by atoms with Crippen molar-refractivity contribution in [1.82, 2.24) is 25.4 Å². The lowest BCUT2D eigenvalue weighted by molar-refractivity contribution is -0.142. The lowest BCUT2D eigenvalue weighted by atomic mass is 10.2. The average molecular weight is 459 g/mol. The Kier molecular flexibility index (Phi) is 5.86. The van der Waals surface area contributed by atoms with Gasteiger partial charge in [-0.25, -0.2) is 9.07 Å². The standard InChI is InChI=1S/C22H17F4N5O2/c1-33-18-6-4-13(9-16(18)23)21(32)29-20-7-5-15(12-28-20)31-19(22(24,25)26)10-17(30-31)14-3-2-8-27-11-14/h2-12,20,28H,1H3,(H,29,32). The number of pyridine rings is 1. The monoisotopic (exact) mass is 459 g/mol. The number of halogens is 4. The summed E-state index contributed by atoms with van der Waals surface area (Å²) in [7, 11) is 1.31. The van der Waals surface area contributed by atoms with Crippen LogP contribution in [0.4, 0.5) is 17.6 Å². The van der Waals surface area contributed by atoms with Crippen LogP contribution in [0.5, 0.6) is 5.75 Å². The largest absolute Gasteiger partial charge is 0.494 e. The van der Waals surface area contributed by atoms with Gasteiger partial charge in [-0.1, -0.05) is 0 Å². The maximum absolute atomic E-state index is 13.8. The second-order valence-corrected chi connectivity index (χ2v) is 6.96. The molecule has 1 amide bonds. The van der Waals surface area contributed by atoms with Gasteiger partial charge in [0, 0.05) is 29.7 Å². The fraction of sp³-hybridized carbons (Fsp3) is 0.136. The highest BCUT2D eigenvalue weighted by molar-refractivity contribution is 5.94. The van der Waals surface area contributed by atoms with E-state index in [1.807, 2.05) is 0 Å². The van der Waals surface area contributed by atoms with E-state index in [0.29, 0.717) is 5.56 Å². The van der Waals surface area contributed by atoms with Crippen LogP contribution in [-0.4, -0.2) is 33.9 Å². The predicted octanol–water partition coefficient (Wildman–Crippen LogP) is 3.83. The fourth-order valence-corrected chi connectivity index (χ4v) is 3.16. The predicted molar refractivity (Wildman–Crippen MR) is 111 cm³/mol. The van der Waals surface area contributed by atoms with E-state index < -0.39 is 29.8 Å². The molecule has 170 valence electrons. The van der Waals surface area contributed by atoms with E-state index >= 15 is 0 Å². The van der Waals surface area contributed by atoms with Crippen molar-refractivity contribution in [2.75, 3.05) is 7.11 Å². The van der Waals surface area contributed by atoms with Crippen LogP contribution < -0.4 is 15.4 Å². The zero-order chi connectivity index (χ0) is 23.6. The summed E-state index contributed by atoms with van der Waals surface area (Å²) in [5.41, 5.74) is -0.242. The van der Waals surface area contributed by atoms with Crippen molar-refractivity contribution < 1.29 is 27.1 Å². The van der Waals surface area contributed by atoms with E-state index in [1.54, 1.807) is 12.1 Å². The molecule has 1 aliphatic heterocycles. The Balaban J connectivity index is 1.52. The molecule has 0 aliphatic carbocycles. The highest BCUT2D eigenvalue weighted by Gasteiger charge is 2.37. The first-order valence-electron chi connectivity index (χ1n) is 9.63. The zero-order valence-electron chi connectivity index (χ0n) is 17.1. The number of hydrogen-bond donors (Lipinski definition) is 2. The minimum absolute atomic E-state index is 0.000145. The summed E-state index contributed by atoms with van der Waals surface area (Å²) < 4.78 is 60.3. The second kappa shape index (κ2) is 8.77. The normalized spacial score (nSPS) is 15.5. The molecule has 11 heteroatoms. The number of amides is 1. The Morgan fingerprint density at radius 1 is 1.24 bits per heavy atom. The van der Waals surface area contributed by atoms with E-state index in [2.05, 4.69) is 20.7 Å². The highest BCUT2D eigenvalue weighted by Crippen LogP contribution is 2.34. The van der Waals surface area contributed by atoms with Crippen LogP contribution in [0.1, 0.15) is 16.1 Å². The van der Waals surface area contributed by atoms with Gasteiger partial charge < -0.3 is 15.4 Å². The summed E-state index contributed by atoms with van der Waals surface area (Å²) in [6.07, 6.45) is 1.71. The van der Waals surface area contributed by atoms with E-state index in [9.17, 15) is 22.4 Å². The fourth-order valence-electron chi connectivity index (χ4n) is 3.16. The van der Waals surface area contributed by atoms with Crippen LogP contribution in [0.25, 0.3) is 17.0 Å². The number of allylic oxidation sites excluding steroid dienone is 2. The van der Waals surface area contributed by atoms with E-state index in [4.69, 9.17) is 4.74 Å². The number of aromatic nitrogens is 3. The van der Waals surface area contributed by atoms with Gasteiger partial charge in [0.1, 0.15) is 11.9 Å². The average Bonchev–Trinajstić information content (AvgIpc) is 3.26. The number of ether oxygens (including phenoxy) is 1. The number of rotatable bonds is 5. The molecule has 0 radical (unpaired) electrons. The molecular formula is C22H17F4N5O2. The molecule has 4 rings (SSSR count). The summed E-state index contributed by atoms with van der Waals surface area (Å²) in [5.74, 6) is -1.27. The molecule has 2 N–H and O–H groups in total. The topological polar surface area (TPSA) is 81.1 Å². The molecule has 0 saturated heterocycles. The number of nitrogens with zero attached hydrogens (tertiary/aromatic N) is 3. The summed E-state index contributed by atoms with van der Waals surface area (Å²) in [6, 6.07) is 7.90. The van der Waals surface area contributed by atoms with Gasteiger partial charge in [-0.05, 0) is 48.6 Å². The third kappa shape index (κ3) is 4.71. The summed E-state index contributed by atoms with van der Waals surface area (Å²) in [6.45, 7) is 0. The van der Waals surface area contributed by atoms with E-state index in [-0.39, 0.29) is 22.7 Å². The lowest BCUT2D eigenvalue weighted by Crippen LogP contribution is -2.43. The maximum Gasteiger partial charge on any atom is 0.433 e. The van der Waals surface area contributed by atoms with Gasteiger partial charge in [0.25, 0.3) is 5.91 Å². The van der Waals surface area contributed by atoms with Crippen molar-refractivity contribution in [2.24, 2.45) is 0 Å². The number of benzene rings is 1. The molecule has 7 nitrogen and oxygen atoms in total. The number of carbonyl (C=O) groups is 1. The summed E-state index contributed by atoms with van der Waals surface area (Å²) in [5, 5.41) is 9.48. The molecule has 3 heterocycles. The molecular weight excluding hydrogens is 442 g/mol. The van der Waals surface area contributed by atoms with Crippen molar-refractivity contribution in [1.29, 1.82) is 0 Å². The molecule has 1 aromatic carbocycles. The first-order valence-corrected chi connectivity index (χ1v) is 9.63. The van der Waals surface area contributed by atoms with Crippen LogP contribution in [0.15, 0.2) is 67.1 Å². The highest BCUT2D eigenvalue weighted by atomic mass is 19.4. The molecule has 2 aromatic heterocycles. The van der Waals surface area contributed by atoms with Gasteiger partial charge in [-0.2, -0.15) is 18.3 Å². The number of dihydropyridines is 1. The summed E-state index contributed by atoms with van der Waals surface area (Å²) in [4.78, 5) is 16.3. The van der Waals surface area contributed by atoms with Crippen molar-refractivity contribution in [2.45, 2.75) is 12.3 Å². The van der Waals surface area contributed by atoms with Gasteiger partial charge in [0.15, 0.2) is 11.6 Å². The van der Waals surface area contributed by atoms with Crippen LogP contribution in [-0.2, 0) is 6.18 Å². The molecule has 0 fully saturated rings. The Bertz CT molecular complexity index is 1240. The molecule has 0 spiro atoms. The van der Waals surface area contributed by atoms with Gasteiger partial charge in [-0.15, -0.1) is 0 Å². The minimum atomic E-state index is -4.65. The van der Waals surface area contributed by atoms with Crippen LogP contribution in [0.3, 0.4) is 0 Å². The molecule has 1 atom stereocenters. The van der Waals surface area contributed by atoms with Crippen molar-refractivity contribution >= 4 is 11.6 Å². The first kappa shape index (κ1) is 22.1. The van der Waals surface area contributed by atoms with E-state index in [0.717, 1.165) is 16.8 Å². The number of hydrogen-bond acceptors (Lipinski definition) is 5. The van der Waals surface area contributed by atoms with Crippen molar-refractivity contribution in [3.63, 3.8) is 0 Å². The Morgan fingerprint density at radius 3 is 2.67 bits per heavy atom. The van der Waals surface area contributed by atoms with Gasteiger partial charge in [0.2, 0.25) is 0 Å². The SMILES string of the molecule is COc1ccc(C(=O)NC2C=CC(n3nc(-c4cccnc4)cc3C(F)(F)F)=CN2)cc1F. The molecule has 0 saturated carbocycles. The van der Waals surface area contributed by atoms with Crippen molar-refractivity contribution in [3.8, 4) is 17.0 Å². The molecule has 3 aromatic rings. The number of carbonyl (C=O) groups excluding carboxylic acids is 1. The quantitative estimate of drug-likeness (QED) is 0.567. The lowest BCUT2D eigenvalue weighted by Gasteiger charge is -2.21. The number of alkyl halides is 3. The third-order valence-electron chi connectivity index (χ3n) is 4.77. The zero-order valence-corrected chi connectivity index (χ0v) is 17.1. The van der Waals surface area contributed by atoms with Crippen molar-refractivity contribution in [3.05, 3.63) is 84.2 Å². The summed E-state index contributed by atoms with van der Waals surface area (Å²) >= 11 is 0. The molecule has 1 unspecified atom stereocenters. The molecule has 33 heavy (non-hydrogen) atoms. The maximum atomic E-state index is 13.8. The smallest absolute Gasteiger partial charge is 0.433 e. The second-order valence-electron chi connectivity index (χ2n) is 6.96. The van der Waals surface area contributed by atoms with E-state index in [1.165, 1.54) is 50.0 Å². The number of methoxy groups -OCH3 is 1. The Labute approximate surface area is 185 Å². The Hall–Kier alpha value is -4.15. The van der Waals surface area contributed by atoms with Gasteiger partial charge in [-0.3, -0.25) is 9.78 Å². The number of nitrogens with one attached hydrogen (secondary N) is 2. The van der Waals surface area contributed by atoms with Crippen LogP contribution in [0, 0.1) is 5.82 Å². The third-order valence-corrected chi connectivity index (χ3v) is 4.77. The van der Waals surface area contributed by atoms with Crippen LogP contribution in [0.2, 0.25) is 0 Å². The minimum Gasteiger partial charge on any atom is -0.494 e.